The Morgan fingerprint density at radius 1 is 1.10 bits per heavy atom. The molecule has 1 unspecified atom stereocenters. The lowest BCUT2D eigenvalue weighted by molar-refractivity contribution is 0.262. The van der Waals surface area contributed by atoms with Gasteiger partial charge in [0.05, 0.1) is 0 Å². The molecule has 0 aliphatic rings. The fourth-order valence-corrected chi connectivity index (χ4v) is 1.78. The summed E-state index contributed by atoms with van der Waals surface area (Å²) in [6, 6.07) is 11.2. The first-order valence-electron chi connectivity index (χ1n) is 6.44. The lowest BCUT2D eigenvalue weighted by Gasteiger charge is -2.13. The van der Waals surface area contributed by atoms with E-state index in [-0.39, 0.29) is 12.1 Å². The van der Waals surface area contributed by atoms with Crippen LogP contribution in [0, 0.1) is 0 Å². The maximum absolute atomic E-state index is 11.9. The molecule has 5 nitrogen and oxygen atoms in total. The molecule has 20 heavy (non-hydrogen) atoms. The molecular weight excluding hydrogens is 252 g/mol. The number of carbonyl (C=O) groups excluding carboxylic acids is 1. The largest absolute Gasteiger partial charge is 0.323 e. The second-order valence-corrected chi connectivity index (χ2v) is 4.45. The van der Waals surface area contributed by atoms with Crippen LogP contribution < -0.4 is 16.0 Å². The fraction of sp³-hybridized carbons (Fsp3) is 0.200. The van der Waals surface area contributed by atoms with Crippen molar-refractivity contribution in [3.05, 3.63) is 54.4 Å². The summed E-state index contributed by atoms with van der Waals surface area (Å²) in [5.41, 5.74) is 2.59. The average molecular weight is 270 g/mol. The van der Waals surface area contributed by atoms with E-state index in [4.69, 9.17) is 0 Å². The van der Waals surface area contributed by atoms with E-state index < -0.39 is 0 Å². The van der Waals surface area contributed by atoms with Crippen LogP contribution in [0.3, 0.4) is 0 Å². The van der Waals surface area contributed by atoms with Crippen LogP contribution in [0.25, 0.3) is 0 Å². The number of nitrogens with zero attached hydrogens (tertiary/aromatic N) is 1. The van der Waals surface area contributed by atoms with E-state index in [0.717, 1.165) is 11.3 Å². The third kappa shape index (κ3) is 3.80. The maximum Gasteiger partial charge on any atom is 0.323 e. The van der Waals surface area contributed by atoms with Crippen molar-refractivity contribution in [3.8, 4) is 0 Å². The molecule has 0 bridgehead atoms. The number of anilines is 2. The highest BCUT2D eigenvalue weighted by molar-refractivity contribution is 5.99. The molecule has 104 valence electrons. The van der Waals surface area contributed by atoms with Gasteiger partial charge in [-0.3, -0.25) is 4.98 Å². The second kappa shape index (κ2) is 6.68. The van der Waals surface area contributed by atoms with Gasteiger partial charge in [-0.05, 0) is 43.8 Å². The highest BCUT2D eigenvalue weighted by Gasteiger charge is 2.06. The van der Waals surface area contributed by atoms with Gasteiger partial charge in [-0.25, -0.2) is 4.79 Å². The molecule has 3 N–H and O–H groups in total. The number of hydrogen-bond acceptors (Lipinski definition) is 3. The highest BCUT2D eigenvalue weighted by atomic mass is 16.2. The van der Waals surface area contributed by atoms with Gasteiger partial charge in [-0.15, -0.1) is 0 Å². The Balaban J connectivity index is 2.01. The molecular formula is C15H18N4O. The van der Waals surface area contributed by atoms with Crippen molar-refractivity contribution < 1.29 is 4.79 Å². The van der Waals surface area contributed by atoms with Crippen LogP contribution in [0.2, 0.25) is 0 Å². The zero-order chi connectivity index (χ0) is 14.4. The molecule has 1 heterocycles. The summed E-state index contributed by atoms with van der Waals surface area (Å²) >= 11 is 0. The fourth-order valence-electron chi connectivity index (χ4n) is 1.78. The quantitative estimate of drug-likeness (QED) is 0.800. The molecule has 0 saturated heterocycles. The summed E-state index contributed by atoms with van der Waals surface area (Å²) in [7, 11) is 1.90. The minimum Gasteiger partial charge on any atom is -0.313 e. The Morgan fingerprint density at radius 2 is 1.80 bits per heavy atom. The first-order chi connectivity index (χ1) is 9.69. The zero-order valence-corrected chi connectivity index (χ0v) is 11.6. The van der Waals surface area contributed by atoms with E-state index in [1.807, 2.05) is 31.3 Å². The minimum atomic E-state index is -0.273. The zero-order valence-electron chi connectivity index (χ0n) is 11.6. The molecule has 2 amide bonds. The van der Waals surface area contributed by atoms with E-state index in [1.165, 1.54) is 0 Å². The van der Waals surface area contributed by atoms with Crippen molar-refractivity contribution in [1.29, 1.82) is 0 Å². The van der Waals surface area contributed by atoms with Crippen LogP contribution in [0.1, 0.15) is 18.5 Å². The third-order valence-corrected chi connectivity index (χ3v) is 3.02. The van der Waals surface area contributed by atoms with E-state index in [2.05, 4.69) is 27.9 Å². The summed E-state index contributed by atoms with van der Waals surface area (Å²) in [4.78, 5) is 15.8. The first kappa shape index (κ1) is 14.0. The number of pyridine rings is 1. The van der Waals surface area contributed by atoms with Crippen molar-refractivity contribution in [3.63, 3.8) is 0 Å². The number of amides is 2. The standard InChI is InChI=1S/C15H18N4O/c1-11(16-2)12-4-3-5-14(10-12)19-15(20)18-13-6-8-17-9-7-13/h3-11,16H,1-2H3,(H2,17,18,19,20). The van der Waals surface area contributed by atoms with Gasteiger partial charge in [0.1, 0.15) is 0 Å². The SMILES string of the molecule is CNC(C)c1cccc(NC(=O)Nc2ccncc2)c1. The van der Waals surface area contributed by atoms with Crippen molar-refractivity contribution >= 4 is 17.4 Å². The third-order valence-electron chi connectivity index (χ3n) is 3.02. The van der Waals surface area contributed by atoms with Crippen molar-refractivity contribution in [1.82, 2.24) is 10.3 Å². The molecule has 2 rings (SSSR count). The lowest BCUT2D eigenvalue weighted by atomic mass is 10.1. The van der Waals surface area contributed by atoms with Gasteiger partial charge in [0.25, 0.3) is 0 Å². The lowest BCUT2D eigenvalue weighted by Crippen LogP contribution is -2.20. The molecule has 0 fully saturated rings. The average Bonchev–Trinajstić information content (AvgIpc) is 2.47. The Morgan fingerprint density at radius 3 is 2.50 bits per heavy atom. The van der Waals surface area contributed by atoms with Crippen molar-refractivity contribution in [2.24, 2.45) is 0 Å². The number of benzene rings is 1. The number of rotatable bonds is 4. The first-order valence-corrected chi connectivity index (χ1v) is 6.44. The molecule has 0 aliphatic heterocycles. The maximum atomic E-state index is 11.9. The molecule has 0 spiro atoms. The van der Waals surface area contributed by atoms with Gasteiger partial charge < -0.3 is 16.0 Å². The molecule has 0 radical (unpaired) electrons. The topological polar surface area (TPSA) is 66.0 Å². The van der Waals surface area contributed by atoms with Crippen LogP contribution >= 0.6 is 0 Å². The minimum absolute atomic E-state index is 0.236. The van der Waals surface area contributed by atoms with Crippen LogP contribution in [0.5, 0.6) is 0 Å². The van der Waals surface area contributed by atoms with E-state index in [9.17, 15) is 4.79 Å². The summed E-state index contributed by atoms with van der Waals surface area (Å²) in [6.45, 7) is 2.07. The van der Waals surface area contributed by atoms with Crippen LogP contribution in [-0.4, -0.2) is 18.1 Å². The van der Waals surface area contributed by atoms with E-state index in [0.29, 0.717) is 5.69 Å². The predicted octanol–water partition coefficient (Wildman–Crippen LogP) is 3.01. The molecule has 0 aliphatic carbocycles. The number of aromatic nitrogens is 1. The molecule has 5 heteroatoms. The molecule has 2 aromatic rings. The van der Waals surface area contributed by atoms with E-state index >= 15 is 0 Å². The van der Waals surface area contributed by atoms with Crippen molar-refractivity contribution in [2.45, 2.75) is 13.0 Å². The smallest absolute Gasteiger partial charge is 0.313 e. The Bertz CT molecular complexity index is 571. The van der Waals surface area contributed by atoms with Crippen LogP contribution in [-0.2, 0) is 0 Å². The Labute approximate surface area is 118 Å². The molecule has 1 aromatic carbocycles. The normalized spacial score (nSPS) is 11.7. The van der Waals surface area contributed by atoms with Crippen molar-refractivity contribution in [2.75, 3.05) is 17.7 Å². The number of carbonyl (C=O) groups is 1. The summed E-state index contributed by atoms with van der Waals surface area (Å²) in [5.74, 6) is 0. The number of urea groups is 1. The summed E-state index contributed by atoms with van der Waals surface area (Å²) < 4.78 is 0. The van der Waals surface area contributed by atoms with Gasteiger partial charge in [-0.1, -0.05) is 12.1 Å². The Hall–Kier alpha value is -2.40. The number of hydrogen-bond donors (Lipinski definition) is 3. The highest BCUT2D eigenvalue weighted by Crippen LogP contribution is 2.17. The Kier molecular flexibility index (Phi) is 4.68. The number of nitrogens with one attached hydrogen (secondary N) is 3. The molecule has 1 aromatic heterocycles. The van der Waals surface area contributed by atoms with Gasteiger partial charge >= 0.3 is 6.03 Å². The van der Waals surface area contributed by atoms with Crippen LogP contribution in [0.15, 0.2) is 48.8 Å². The van der Waals surface area contributed by atoms with E-state index in [1.54, 1.807) is 24.5 Å². The molecule has 0 saturated carbocycles. The van der Waals surface area contributed by atoms with Gasteiger partial charge in [0.2, 0.25) is 0 Å². The van der Waals surface area contributed by atoms with Gasteiger partial charge in [0, 0.05) is 29.8 Å². The van der Waals surface area contributed by atoms with Gasteiger partial charge in [0.15, 0.2) is 0 Å². The predicted molar refractivity (Wildman–Crippen MR) is 80.8 cm³/mol. The second-order valence-electron chi connectivity index (χ2n) is 4.45. The monoisotopic (exact) mass is 270 g/mol. The van der Waals surface area contributed by atoms with Crippen LogP contribution in [0.4, 0.5) is 16.2 Å². The molecule has 1 atom stereocenters. The van der Waals surface area contributed by atoms with Gasteiger partial charge in [-0.2, -0.15) is 0 Å². The summed E-state index contributed by atoms with van der Waals surface area (Å²) in [5, 5.41) is 8.73. The summed E-state index contributed by atoms with van der Waals surface area (Å²) in [6.07, 6.45) is 3.26.